The minimum absolute atomic E-state index is 0.589. The fourth-order valence-corrected chi connectivity index (χ4v) is 4.75. The summed E-state index contributed by atoms with van der Waals surface area (Å²) in [6.45, 7) is 2.87. The van der Waals surface area contributed by atoms with Gasteiger partial charge in [0.2, 0.25) is 5.95 Å². The van der Waals surface area contributed by atoms with Crippen molar-refractivity contribution in [3.05, 3.63) is 54.1 Å². The summed E-state index contributed by atoms with van der Waals surface area (Å²) in [4.78, 5) is 11.0. The Morgan fingerprint density at radius 2 is 1.80 bits per heavy atom. The van der Waals surface area contributed by atoms with E-state index in [4.69, 9.17) is 16.3 Å². The Hall–Kier alpha value is -2.60. The van der Waals surface area contributed by atoms with Crippen LogP contribution in [0.4, 0.5) is 5.95 Å². The molecule has 6 nitrogen and oxygen atoms in total. The van der Waals surface area contributed by atoms with Gasteiger partial charge in [0.1, 0.15) is 5.75 Å². The van der Waals surface area contributed by atoms with Crippen LogP contribution in [-0.2, 0) is 0 Å². The molecule has 7 heteroatoms. The van der Waals surface area contributed by atoms with Crippen molar-refractivity contribution < 1.29 is 4.74 Å². The average molecular weight is 424 g/mol. The second-order valence-electron chi connectivity index (χ2n) is 8.33. The molecule has 1 aliphatic heterocycles. The predicted octanol–water partition coefficient (Wildman–Crippen LogP) is 4.84. The minimum Gasteiger partial charge on any atom is -0.494 e. The van der Waals surface area contributed by atoms with Crippen LogP contribution < -0.4 is 9.64 Å². The van der Waals surface area contributed by atoms with Crippen molar-refractivity contribution in [1.29, 1.82) is 0 Å². The van der Waals surface area contributed by atoms with Gasteiger partial charge in [-0.3, -0.25) is 5.10 Å². The van der Waals surface area contributed by atoms with Gasteiger partial charge in [-0.05, 0) is 61.1 Å². The number of rotatable bonds is 7. The molecule has 156 valence electrons. The molecular weight excluding hydrogens is 398 g/mol. The molecule has 2 fully saturated rings. The standard InChI is InChI=1S/C23H26ClN5O/c24-20-14-25-23(26-15-20)29-8-5-17(6-9-29)22-11-18(22)7-10-30-21-3-1-16(2-4-21)19-12-27-28-13-19/h1-4,12-15,17-18,22H,5-11H2,(H,27,28)/t18-,22-/m0/s1. The van der Waals surface area contributed by atoms with Gasteiger partial charge in [0.25, 0.3) is 0 Å². The number of anilines is 1. The number of nitrogens with zero attached hydrogens (tertiary/aromatic N) is 4. The van der Waals surface area contributed by atoms with Crippen molar-refractivity contribution >= 4 is 17.5 Å². The van der Waals surface area contributed by atoms with Gasteiger partial charge in [-0.15, -0.1) is 0 Å². The minimum atomic E-state index is 0.589. The third kappa shape index (κ3) is 4.43. The third-order valence-corrected chi connectivity index (χ3v) is 6.65. The smallest absolute Gasteiger partial charge is 0.225 e. The van der Waals surface area contributed by atoms with Crippen LogP contribution in [-0.4, -0.2) is 39.9 Å². The van der Waals surface area contributed by atoms with Gasteiger partial charge >= 0.3 is 0 Å². The van der Waals surface area contributed by atoms with Gasteiger partial charge in [0.05, 0.1) is 30.2 Å². The molecule has 0 bridgehead atoms. The number of piperidine rings is 1. The van der Waals surface area contributed by atoms with Crippen LogP contribution in [0.5, 0.6) is 5.75 Å². The number of H-pyrrole nitrogens is 1. The highest BCUT2D eigenvalue weighted by molar-refractivity contribution is 6.30. The first-order valence-corrected chi connectivity index (χ1v) is 11.1. The first-order valence-electron chi connectivity index (χ1n) is 10.7. The summed E-state index contributed by atoms with van der Waals surface area (Å²) < 4.78 is 5.99. The zero-order chi connectivity index (χ0) is 20.3. The lowest BCUT2D eigenvalue weighted by atomic mass is 9.90. The van der Waals surface area contributed by atoms with Gasteiger partial charge in [0.15, 0.2) is 0 Å². The van der Waals surface area contributed by atoms with Gasteiger partial charge in [-0.1, -0.05) is 23.7 Å². The van der Waals surface area contributed by atoms with E-state index in [2.05, 4.69) is 37.2 Å². The first kappa shape index (κ1) is 19.4. The van der Waals surface area contributed by atoms with E-state index < -0.39 is 0 Å². The lowest BCUT2D eigenvalue weighted by molar-refractivity contribution is 0.284. The van der Waals surface area contributed by atoms with Gasteiger partial charge in [-0.2, -0.15) is 5.10 Å². The Bertz CT molecular complexity index is 937. The highest BCUT2D eigenvalue weighted by atomic mass is 35.5. The van der Waals surface area contributed by atoms with E-state index >= 15 is 0 Å². The second kappa shape index (κ2) is 8.64. The first-order chi connectivity index (χ1) is 14.8. The van der Waals surface area contributed by atoms with Crippen molar-refractivity contribution in [3.63, 3.8) is 0 Å². The van der Waals surface area contributed by atoms with E-state index in [9.17, 15) is 0 Å². The van der Waals surface area contributed by atoms with Crippen LogP contribution >= 0.6 is 11.6 Å². The topological polar surface area (TPSA) is 66.9 Å². The summed E-state index contributed by atoms with van der Waals surface area (Å²) in [5.74, 6) is 4.25. The van der Waals surface area contributed by atoms with Gasteiger partial charge in [-0.25, -0.2) is 9.97 Å². The number of hydrogen-bond acceptors (Lipinski definition) is 5. The van der Waals surface area contributed by atoms with Crippen molar-refractivity contribution in [2.45, 2.75) is 25.7 Å². The molecule has 0 radical (unpaired) electrons. The number of aromatic amines is 1. The van der Waals surface area contributed by atoms with Crippen LogP contribution in [0.1, 0.15) is 25.7 Å². The Balaban J connectivity index is 1.03. The number of hydrogen-bond donors (Lipinski definition) is 1. The molecule has 2 aromatic heterocycles. The molecule has 2 atom stereocenters. The Labute approximate surface area is 181 Å². The summed E-state index contributed by atoms with van der Waals surface area (Å²) in [6.07, 6.45) is 12.0. The van der Waals surface area contributed by atoms with E-state index in [1.54, 1.807) is 12.4 Å². The molecule has 3 heterocycles. The van der Waals surface area contributed by atoms with E-state index in [0.29, 0.717) is 5.02 Å². The van der Waals surface area contributed by atoms with Gasteiger partial charge in [0, 0.05) is 24.8 Å². The molecule has 0 amide bonds. The Kier molecular flexibility index (Phi) is 5.58. The number of aromatic nitrogens is 4. The molecule has 0 unspecified atom stereocenters. The zero-order valence-electron chi connectivity index (χ0n) is 16.9. The maximum Gasteiger partial charge on any atom is 0.225 e. The normalized spacial score (nSPS) is 21.6. The number of ether oxygens (including phenoxy) is 1. The van der Waals surface area contributed by atoms with E-state index in [-0.39, 0.29) is 0 Å². The zero-order valence-corrected chi connectivity index (χ0v) is 17.6. The fraction of sp³-hybridized carbons (Fsp3) is 0.435. The maximum atomic E-state index is 5.99. The summed E-state index contributed by atoms with van der Waals surface area (Å²) in [5, 5.41) is 7.43. The van der Waals surface area contributed by atoms with E-state index in [0.717, 1.165) is 66.7 Å². The van der Waals surface area contributed by atoms with Crippen LogP contribution in [0.25, 0.3) is 11.1 Å². The van der Waals surface area contributed by atoms with E-state index in [1.165, 1.54) is 19.3 Å². The number of halogens is 1. The molecular formula is C23H26ClN5O. The predicted molar refractivity (Wildman–Crippen MR) is 118 cm³/mol. The monoisotopic (exact) mass is 423 g/mol. The summed E-state index contributed by atoms with van der Waals surface area (Å²) in [5.41, 5.74) is 2.24. The van der Waals surface area contributed by atoms with Crippen molar-refractivity contribution in [2.75, 3.05) is 24.6 Å². The Morgan fingerprint density at radius 3 is 2.50 bits per heavy atom. The van der Waals surface area contributed by atoms with Crippen LogP contribution in [0.15, 0.2) is 49.1 Å². The third-order valence-electron chi connectivity index (χ3n) is 6.46. The molecule has 1 N–H and O–H groups in total. The van der Waals surface area contributed by atoms with Crippen LogP contribution in [0, 0.1) is 17.8 Å². The molecule has 1 aromatic carbocycles. The highest BCUT2D eigenvalue weighted by Crippen LogP contribution is 2.49. The maximum absolute atomic E-state index is 5.99. The number of benzene rings is 1. The molecule has 2 aliphatic rings. The van der Waals surface area contributed by atoms with Crippen molar-refractivity contribution in [1.82, 2.24) is 20.2 Å². The second-order valence-corrected chi connectivity index (χ2v) is 8.77. The Morgan fingerprint density at radius 1 is 1.03 bits per heavy atom. The molecule has 3 aromatic rings. The van der Waals surface area contributed by atoms with Crippen LogP contribution in [0.3, 0.4) is 0 Å². The molecule has 0 spiro atoms. The quantitative estimate of drug-likeness (QED) is 0.588. The summed E-state index contributed by atoms with van der Waals surface area (Å²) in [7, 11) is 0. The molecule has 5 rings (SSSR count). The summed E-state index contributed by atoms with van der Waals surface area (Å²) in [6, 6.07) is 8.25. The molecule has 1 saturated carbocycles. The summed E-state index contributed by atoms with van der Waals surface area (Å²) >= 11 is 5.89. The fourth-order valence-electron chi connectivity index (χ4n) is 4.66. The molecule has 1 aliphatic carbocycles. The lowest BCUT2D eigenvalue weighted by Gasteiger charge is -2.32. The van der Waals surface area contributed by atoms with E-state index in [1.807, 2.05) is 24.5 Å². The molecule has 30 heavy (non-hydrogen) atoms. The molecule has 1 saturated heterocycles. The van der Waals surface area contributed by atoms with Crippen molar-refractivity contribution in [3.8, 4) is 16.9 Å². The SMILES string of the molecule is Clc1cnc(N2CCC([C@@H]3C[C@@H]3CCOc3ccc(-c4cn[nH]c4)cc3)CC2)nc1. The lowest BCUT2D eigenvalue weighted by Crippen LogP contribution is -2.35. The average Bonchev–Trinajstić information content (AvgIpc) is 3.34. The largest absolute Gasteiger partial charge is 0.494 e. The highest BCUT2D eigenvalue weighted by Gasteiger charge is 2.43. The number of nitrogens with one attached hydrogen (secondary N) is 1. The van der Waals surface area contributed by atoms with Gasteiger partial charge < -0.3 is 9.64 Å². The van der Waals surface area contributed by atoms with Crippen molar-refractivity contribution in [2.24, 2.45) is 17.8 Å². The van der Waals surface area contributed by atoms with Crippen LogP contribution in [0.2, 0.25) is 5.02 Å².